The van der Waals surface area contributed by atoms with Crippen LogP contribution in [-0.4, -0.2) is 54.3 Å². The molecular formula is C55H100NO8P. The Balaban J connectivity index is 3.58. The van der Waals surface area contributed by atoms with Gasteiger partial charge in [-0.1, -0.05) is 209 Å². The summed E-state index contributed by atoms with van der Waals surface area (Å²) in [7, 11) is -4.43. The molecule has 0 rings (SSSR count). The van der Waals surface area contributed by atoms with Gasteiger partial charge in [0.2, 0.25) is 5.91 Å². The van der Waals surface area contributed by atoms with E-state index in [1.807, 2.05) is 0 Å². The minimum Gasteiger partial charge on any atom is -0.463 e. The molecule has 0 heterocycles. The topological polar surface area (TPSA) is 131 Å². The number of aliphatic hydroxyl groups excluding tert-OH is 1. The molecule has 0 saturated carbocycles. The quantitative estimate of drug-likeness (QED) is 0.0238. The van der Waals surface area contributed by atoms with Gasteiger partial charge in [0.25, 0.3) is 0 Å². The molecule has 2 atom stereocenters. The van der Waals surface area contributed by atoms with E-state index in [1.54, 1.807) is 0 Å². The number of allylic oxidation sites excluding steroid dienone is 10. The maximum absolute atomic E-state index is 12.2. The molecule has 0 aromatic heterocycles. The second-order valence-corrected chi connectivity index (χ2v) is 19.3. The Labute approximate surface area is 399 Å². The Morgan fingerprint density at radius 3 is 1.29 bits per heavy atom. The third kappa shape index (κ3) is 52.5. The summed E-state index contributed by atoms with van der Waals surface area (Å²) in [6.45, 7) is 3.53. The van der Waals surface area contributed by atoms with Crippen LogP contribution in [0.5, 0.6) is 0 Å². The van der Waals surface area contributed by atoms with Gasteiger partial charge >= 0.3 is 13.8 Å². The highest BCUT2D eigenvalue weighted by Gasteiger charge is 2.23. The van der Waals surface area contributed by atoms with Crippen molar-refractivity contribution in [3.05, 3.63) is 60.8 Å². The van der Waals surface area contributed by atoms with Crippen molar-refractivity contribution in [1.82, 2.24) is 5.32 Å². The normalized spacial score (nSPS) is 13.6. The Hall–Kier alpha value is -2.29. The molecule has 0 aromatic rings. The first-order valence-electron chi connectivity index (χ1n) is 26.8. The number of carbonyl (C=O) groups is 2. The Morgan fingerprint density at radius 2 is 0.831 bits per heavy atom. The molecule has 0 aliphatic rings. The number of nitrogens with one attached hydrogen (secondary N) is 1. The number of hydrogen-bond acceptors (Lipinski definition) is 7. The number of hydrogen-bond donors (Lipinski definition) is 3. The van der Waals surface area contributed by atoms with Gasteiger partial charge in [0.05, 0.1) is 13.2 Å². The molecule has 2 unspecified atom stereocenters. The second-order valence-electron chi connectivity index (χ2n) is 17.8. The second kappa shape index (κ2) is 51.1. The molecule has 0 saturated heterocycles. The fourth-order valence-electron chi connectivity index (χ4n) is 7.36. The number of carbonyl (C=O) groups excluding carboxylic acids is 2. The van der Waals surface area contributed by atoms with Crippen LogP contribution in [-0.2, 0) is 27.9 Å². The van der Waals surface area contributed by atoms with E-state index < -0.39 is 26.5 Å². The average Bonchev–Trinajstić information content (AvgIpc) is 3.29. The van der Waals surface area contributed by atoms with Gasteiger partial charge in [0.15, 0.2) is 0 Å². The summed E-state index contributed by atoms with van der Waals surface area (Å²) >= 11 is 0. The molecule has 378 valence electrons. The molecule has 0 spiro atoms. The zero-order valence-electron chi connectivity index (χ0n) is 41.9. The summed E-state index contributed by atoms with van der Waals surface area (Å²) in [6, 6.07) is 0. The molecule has 10 heteroatoms. The van der Waals surface area contributed by atoms with E-state index in [9.17, 15) is 24.2 Å². The number of phosphoric acid groups is 1. The molecule has 0 aliphatic heterocycles. The van der Waals surface area contributed by atoms with Crippen LogP contribution >= 0.6 is 7.82 Å². The van der Waals surface area contributed by atoms with E-state index in [4.69, 9.17) is 13.8 Å². The molecule has 0 aromatic carbocycles. The summed E-state index contributed by atoms with van der Waals surface area (Å²) < 4.78 is 27.0. The first-order chi connectivity index (χ1) is 31.8. The molecule has 65 heavy (non-hydrogen) atoms. The Morgan fingerprint density at radius 1 is 0.477 bits per heavy atom. The lowest BCUT2D eigenvalue weighted by Gasteiger charge is -2.15. The van der Waals surface area contributed by atoms with E-state index in [-0.39, 0.29) is 32.1 Å². The van der Waals surface area contributed by atoms with Crippen LogP contribution in [0.2, 0.25) is 0 Å². The van der Waals surface area contributed by atoms with Crippen molar-refractivity contribution in [3.63, 3.8) is 0 Å². The van der Waals surface area contributed by atoms with E-state index in [1.165, 1.54) is 154 Å². The zero-order chi connectivity index (χ0) is 47.4. The maximum Gasteiger partial charge on any atom is 0.472 e. The molecule has 0 fully saturated rings. The van der Waals surface area contributed by atoms with Crippen LogP contribution < -0.4 is 5.32 Å². The van der Waals surface area contributed by atoms with Gasteiger partial charge in [-0.25, -0.2) is 4.57 Å². The number of ether oxygens (including phenoxy) is 1. The number of esters is 1. The predicted octanol–water partition coefficient (Wildman–Crippen LogP) is 16.0. The summed E-state index contributed by atoms with van der Waals surface area (Å²) in [5.74, 6) is -0.524. The number of phosphoric ester groups is 1. The van der Waals surface area contributed by atoms with Gasteiger partial charge in [-0.15, -0.1) is 0 Å². The van der Waals surface area contributed by atoms with E-state index in [0.717, 1.165) is 64.2 Å². The molecule has 3 N–H and O–H groups in total. The highest BCUT2D eigenvalue weighted by molar-refractivity contribution is 7.47. The first kappa shape index (κ1) is 62.7. The monoisotopic (exact) mass is 934 g/mol. The smallest absolute Gasteiger partial charge is 0.463 e. The van der Waals surface area contributed by atoms with Gasteiger partial charge in [-0.05, 0) is 83.5 Å². The van der Waals surface area contributed by atoms with Crippen LogP contribution in [0.1, 0.15) is 245 Å². The molecule has 0 bridgehead atoms. The van der Waals surface area contributed by atoms with Crippen LogP contribution in [0.15, 0.2) is 60.8 Å². The number of aliphatic hydroxyl groups is 1. The van der Waals surface area contributed by atoms with Crippen LogP contribution in [0.4, 0.5) is 0 Å². The number of amides is 1. The third-order valence-electron chi connectivity index (χ3n) is 11.4. The summed E-state index contributed by atoms with van der Waals surface area (Å²) in [4.78, 5) is 34.1. The van der Waals surface area contributed by atoms with Crippen molar-refractivity contribution >= 4 is 19.7 Å². The van der Waals surface area contributed by atoms with Crippen molar-refractivity contribution in [2.24, 2.45) is 0 Å². The summed E-state index contributed by atoms with van der Waals surface area (Å²) in [5, 5.41) is 12.8. The van der Waals surface area contributed by atoms with Crippen LogP contribution in [0, 0.1) is 0 Å². The Kier molecular flexibility index (Phi) is 49.3. The standard InChI is InChI=1S/C55H100NO8P/c1-3-5-7-9-11-13-15-17-19-21-23-25-26-28-29-31-33-35-37-39-41-43-45-47-54(58)56-49-50-63-65(60,61)64-52-53(57)51-62-55(59)48-46-44-42-40-38-36-34-32-30-27-24-22-20-18-16-14-12-10-8-6-4-2/h11,13,17-20,23,25,28-29,53,57H,3-10,12,14-16,21-22,24,26-27,30-52H2,1-2H3,(H,56,58)(H,60,61)/b13-11-,19-17-,20-18+,25-23-,29-28-. The lowest BCUT2D eigenvalue weighted by atomic mass is 10.0. The van der Waals surface area contributed by atoms with Gasteiger partial charge in [-0.2, -0.15) is 0 Å². The van der Waals surface area contributed by atoms with Crippen molar-refractivity contribution < 1.29 is 37.9 Å². The minimum absolute atomic E-state index is 0.0736. The van der Waals surface area contributed by atoms with E-state index in [0.29, 0.717) is 6.42 Å². The minimum atomic E-state index is -4.43. The fraction of sp³-hybridized carbons (Fsp3) is 0.782. The van der Waals surface area contributed by atoms with Crippen molar-refractivity contribution in [1.29, 1.82) is 0 Å². The van der Waals surface area contributed by atoms with Gasteiger partial charge in [0, 0.05) is 19.4 Å². The van der Waals surface area contributed by atoms with E-state index >= 15 is 0 Å². The Bertz CT molecular complexity index is 1250. The van der Waals surface area contributed by atoms with Gasteiger partial charge < -0.3 is 20.1 Å². The highest BCUT2D eigenvalue weighted by Crippen LogP contribution is 2.42. The average molecular weight is 934 g/mol. The molecule has 0 aliphatic carbocycles. The van der Waals surface area contributed by atoms with Gasteiger partial charge in [0.1, 0.15) is 12.7 Å². The first-order valence-corrected chi connectivity index (χ1v) is 28.3. The molecular weight excluding hydrogens is 834 g/mol. The molecule has 9 nitrogen and oxygen atoms in total. The zero-order valence-corrected chi connectivity index (χ0v) is 42.8. The van der Waals surface area contributed by atoms with E-state index in [2.05, 4.69) is 79.9 Å². The van der Waals surface area contributed by atoms with Crippen molar-refractivity contribution in [2.75, 3.05) is 26.4 Å². The highest BCUT2D eigenvalue weighted by atomic mass is 31.2. The predicted molar refractivity (Wildman–Crippen MR) is 275 cm³/mol. The lowest BCUT2D eigenvalue weighted by molar-refractivity contribution is -0.147. The van der Waals surface area contributed by atoms with Crippen LogP contribution in [0.3, 0.4) is 0 Å². The van der Waals surface area contributed by atoms with Crippen molar-refractivity contribution in [3.8, 4) is 0 Å². The van der Waals surface area contributed by atoms with Gasteiger partial charge in [-0.3, -0.25) is 18.6 Å². The summed E-state index contributed by atoms with van der Waals surface area (Å²) in [6.07, 6.45) is 63.0. The third-order valence-corrected chi connectivity index (χ3v) is 12.4. The fourth-order valence-corrected chi connectivity index (χ4v) is 8.12. The van der Waals surface area contributed by atoms with Crippen LogP contribution in [0.25, 0.3) is 0 Å². The lowest BCUT2D eigenvalue weighted by Crippen LogP contribution is -2.27. The largest absolute Gasteiger partial charge is 0.472 e. The number of unbranched alkanes of at least 4 members (excludes halogenated alkanes) is 27. The number of rotatable bonds is 50. The maximum atomic E-state index is 12.2. The SMILES string of the molecule is CCCCC/C=C\C/C=C\C/C=C\C/C=C\CCCCCCCCCC(=O)NCCOP(=O)(O)OCC(O)COC(=O)CCCCCCCCCCCCC/C=C/CCCCCCCC. The summed E-state index contributed by atoms with van der Waals surface area (Å²) in [5.41, 5.74) is 0. The molecule has 1 amide bonds. The van der Waals surface area contributed by atoms with Crippen molar-refractivity contribution in [2.45, 2.75) is 251 Å². The molecule has 0 radical (unpaired) electrons.